The molecule has 1 amide bonds. The molecule has 0 bridgehead atoms. The number of amides is 1. The molecular weight excluding hydrogens is 358 g/mol. The number of aromatic nitrogens is 1. The fourth-order valence-corrected chi connectivity index (χ4v) is 4.00. The Morgan fingerprint density at radius 1 is 1.07 bits per heavy atom. The second-order valence-electron chi connectivity index (χ2n) is 6.78. The number of pyridine rings is 1. The Morgan fingerprint density at radius 2 is 1.82 bits per heavy atom. The van der Waals surface area contributed by atoms with Gasteiger partial charge in [-0.3, -0.25) is 19.3 Å². The number of hydrogen-bond donors (Lipinski definition) is 0. The lowest BCUT2D eigenvalue weighted by atomic mass is 9.95. The number of rotatable bonds is 4. The van der Waals surface area contributed by atoms with Gasteiger partial charge in [0.25, 0.3) is 5.91 Å². The summed E-state index contributed by atoms with van der Waals surface area (Å²) in [6, 6.07) is 11.3. The van der Waals surface area contributed by atoms with Crippen LogP contribution in [0, 0.1) is 0 Å². The van der Waals surface area contributed by atoms with Gasteiger partial charge in [-0.25, -0.2) is 0 Å². The number of carbonyl (C=O) groups is 1. The molecule has 3 heterocycles. The second kappa shape index (κ2) is 7.16. The van der Waals surface area contributed by atoms with Crippen molar-refractivity contribution in [2.75, 3.05) is 25.8 Å². The Hall–Kier alpha value is -3.06. The predicted octanol–water partition coefficient (Wildman–Crippen LogP) is 1.92. The van der Waals surface area contributed by atoms with Crippen molar-refractivity contribution in [2.45, 2.75) is 25.2 Å². The van der Waals surface area contributed by atoms with Crippen LogP contribution in [-0.4, -0.2) is 48.5 Å². The molecule has 3 atom stereocenters. The zero-order valence-electron chi connectivity index (χ0n) is 16.1. The minimum Gasteiger partial charge on any atom is -0.491 e. The van der Waals surface area contributed by atoms with Gasteiger partial charge in [-0.1, -0.05) is 36.4 Å². The third kappa shape index (κ3) is 2.70. The number of likely N-dealkylation sites (N-methyl/N-ethyl adjacent to an activating group) is 1. The Bertz CT molecular complexity index is 969. The normalized spacial score (nSPS) is 23.4. The molecule has 28 heavy (non-hydrogen) atoms. The van der Waals surface area contributed by atoms with E-state index in [2.05, 4.69) is 5.01 Å². The van der Waals surface area contributed by atoms with Crippen molar-refractivity contribution in [3.05, 3.63) is 76.2 Å². The lowest BCUT2D eigenvalue weighted by Gasteiger charge is -2.51. The van der Waals surface area contributed by atoms with Crippen molar-refractivity contribution < 1.29 is 14.3 Å². The molecule has 0 fully saturated rings. The predicted molar refractivity (Wildman–Crippen MR) is 105 cm³/mol. The van der Waals surface area contributed by atoms with Crippen LogP contribution >= 0.6 is 0 Å². The molecule has 0 saturated heterocycles. The minimum atomic E-state index is -0.320. The van der Waals surface area contributed by atoms with E-state index >= 15 is 0 Å². The number of carbonyl (C=O) groups excluding carboxylic acids is 1. The van der Waals surface area contributed by atoms with Crippen LogP contribution < -0.4 is 15.2 Å². The first-order chi connectivity index (χ1) is 13.6. The van der Waals surface area contributed by atoms with Gasteiger partial charge in [0, 0.05) is 25.9 Å². The number of benzene rings is 1. The topological polar surface area (TPSA) is 64.0 Å². The third-order valence-electron chi connectivity index (χ3n) is 5.25. The van der Waals surface area contributed by atoms with Crippen LogP contribution in [-0.2, 0) is 4.74 Å². The van der Waals surface area contributed by atoms with Gasteiger partial charge in [0.2, 0.25) is 5.43 Å². The summed E-state index contributed by atoms with van der Waals surface area (Å²) in [6.45, 7) is 2.52. The molecule has 0 unspecified atom stereocenters. The van der Waals surface area contributed by atoms with Crippen LogP contribution in [0.15, 0.2) is 59.5 Å². The summed E-state index contributed by atoms with van der Waals surface area (Å²) in [7, 11) is 3.14. The standard InChI is InChI=1S/C21H23N3O4/c1-4-28-16-10-11-17-22(2)21(26)19-20(27-3)15(25)12-13-23(19)24(17)18(16)14-8-6-5-7-9-14/h5-13,16-18H,4H2,1-3H3/t16-,17+,18-/m1/s1. The van der Waals surface area contributed by atoms with Crippen LogP contribution in [0.25, 0.3) is 0 Å². The van der Waals surface area contributed by atoms with Gasteiger partial charge >= 0.3 is 0 Å². The van der Waals surface area contributed by atoms with E-state index in [0.717, 1.165) is 5.56 Å². The summed E-state index contributed by atoms with van der Waals surface area (Å²) in [4.78, 5) is 27.0. The average Bonchev–Trinajstić information content (AvgIpc) is 2.72. The molecule has 7 nitrogen and oxygen atoms in total. The first-order valence-electron chi connectivity index (χ1n) is 9.28. The van der Waals surface area contributed by atoms with E-state index in [9.17, 15) is 9.59 Å². The molecule has 1 aromatic heterocycles. The van der Waals surface area contributed by atoms with Gasteiger partial charge in [0.05, 0.1) is 7.11 Å². The van der Waals surface area contributed by atoms with Crippen LogP contribution in [0.5, 0.6) is 5.75 Å². The first kappa shape index (κ1) is 18.3. The van der Waals surface area contributed by atoms with E-state index < -0.39 is 0 Å². The zero-order chi connectivity index (χ0) is 19.8. The van der Waals surface area contributed by atoms with Crippen LogP contribution in [0.3, 0.4) is 0 Å². The van der Waals surface area contributed by atoms with E-state index in [4.69, 9.17) is 9.47 Å². The number of hydrogen-bond acceptors (Lipinski definition) is 5. The van der Waals surface area contributed by atoms with Crippen molar-refractivity contribution in [2.24, 2.45) is 0 Å². The van der Waals surface area contributed by atoms with Crippen molar-refractivity contribution in [3.63, 3.8) is 0 Å². The summed E-state index contributed by atoms with van der Waals surface area (Å²) in [6.07, 6.45) is 5.09. The number of fused-ring (bicyclic) bond motifs is 3. The maximum absolute atomic E-state index is 13.0. The van der Waals surface area contributed by atoms with Crippen LogP contribution in [0.4, 0.5) is 0 Å². The molecule has 0 saturated carbocycles. The zero-order valence-corrected chi connectivity index (χ0v) is 16.1. The Morgan fingerprint density at radius 3 is 2.50 bits per heavy atom. The van der Waals surface area contributed by atoms with Gasteiger partial charge in [-0.2, -0.15) is 0 Å². The first-order valence-corrected chi connectivity index (χ1v) is 9.28. The van der Waals surface area contributed by atoms with Crippen molar-refractivity contribution >= 4 is 5.91 Å². The minimum absolute atomic E-state index is 0.0483. The summed E-state index contributed by atoms with van der Waals surface area (Å²) >= 11 is 0. The molecule has 146 valence electrons. The molecule has 1 aromatic carbocycles. The van der Waals surface area contributed by atoms with Gasteiger partial charge in [-0.05, 0) is 18.6 Å². The van der Waals surface area contributed by atoms with Crippen LogP contribution in [0.2, 0.25) is 0 Å². The Balaban J connectivity index is 1.96. The van der Waals surface area contributed by atoms with Crippen molar-refractivity contribution in [1.82, 2.24) is 9.58 Å². The molecular formula is C21H23N3O4. The molecule has 0 N–H and O–H groups in total. The highest BCUT2D eigenvalue weighted by molar-refractivity contribution is 5.96. The maximum atomic E-state index is 13.0. The molecule has 2 aliphatic heterocycles. The largest absolute Gasteiger partial charge is 0.491 e. The average molecular weight is 381 g/mol. The smallest absolute Gasteiger partial charge is 0.278 e. The Kier molecular flexibility index (Phi) is 4.68. The SMILES string of the molecule is CCO[C@@H]1C=C[C@H]2N(C)C(=O)c3c(OC)c(=O)ccn3N2[C@@H]1c1ccccc1. The van der Waals surface area contributed by atoms with Gasteiger partial charge < -0.3 is 14.4 Å². The highest BCUT2D eigenvalue weighted by atomic mass is 16.5. The molecule has 2 aliphatic rings. The molecule has 7 heteroatoms. The summed E-state index contributed by atoms with van der Waals surface area (Å²) in [5, 5.41) is 2.06. The molecule has 0 radical (unpaired) electrons. The van der Waals surface area contributed by atoms with E-state index in [1.165, 1.54) is 13.2 Å². The lowest BCUT2D eigenvalue weighted by molar-refractivity contribution is 0.0386. The summed E-state index contributed by atoms with van der Waals surface area (Å²) < 4.78 is 13.1. The fourth-order valence-electron chi connectivity index (χ4n) is 4.00. The maximum Gasteiger partial charge on any atom is 0.278 e. The summed E-state index contributed by atoms with van der Waals surface area (Å²) in [5.41, 5.74) is 0.959. The molecule has 4 rings (SSSR count). The van der Waals surface area contributed by atoms with E-state index in [-0.39, 0.29) is 41.1 Å². The Labute approximate surface area is 163 Å². The highest BCUT2D eigenvalue weighted by Crippen LogP contribution is 2.36. The molecule has 2 aromatic rings. The summed E-state index contributed by atoms with van der Waals surface area (Å²) in [5.74, 6) is -0.214. The van der Waals surface area contributed by atoms with Gasteiger partial charge in [0.1, 0.15) is 18.3 Å². The fraction of sp³-hybridized carbons (Fsp3) is 0.333. The van der Waals surface area contributed by atoms with E-state index in [1.807, 2.05) is 49.4 Å². The second-order valence-corrected chi connectivity index (χ2v) is 6.78. The van der Waals surface area contributed by atoms with E-state index in [0.29, 0.717) is 6.61 Å². The third-order valence-corrected chi connectivity index (χ3v) is 5.25. The van der Waals surface area contributed by atoms with Gasteiger partial charge in [-0.15, -0.1) is 0 Å². The molecule has 0 spiro atoms. The highest BCUT2D eigenvalue weighted by Gasteiger charge is 2.44. The van der Waals surface area contributed by atoms with Crippen molar-refractivity contribution in [3.8, 4) is 5.75 Å². The quantitative estimate of drug-likeness (QED) is 0.758. The lowest BCUT2D eigenvalue weighted by Crippen LogP contribution is -2.63. The monoisotopic (exact) mass is 381 g/mol. The van der Waals surface area contributed by atoms with Gasteiger partial charge in [0.15, 0.2) is 11.4 Å². The van der Waals surface area contributed by atoms with Crippen molar-refractivity contribution in [1.29, 1.82) is 0 Å². The number of methoxy groups -OCH3 is 1. The molecule has 0 aliphatic carbocycles. The number of nitrogens with zero attached hydrogens (tertiary/aromatic N) is 3. The van der Waals surface area contributed by atoms with Crippen LogP contribution in [0.1, 0.15) is 29.0 Å². The number of ether oxygens (including phenoxy) is 2. The van der Waals surface area contributed by atoms with E-state index in [1.54, 1.807) is 22.8 Å².